The zero-order valence-electron chi connectivity index (χ0n) is 15.3. The highest BCUT2D eigenvalue weighted by Crippen LogP contribution is 2.15. The minimum Gasteiger partial charge on any atom is -0.379 e. The number of methoxy groups -OCH3 is 1. The van der Waals surface area contributed by atoms with Gasteiger partial charge in [0.1, 0.15) is 0 Å². The van der Waals surface area contributed by atoms with Crippen molar-refractivity contribution in [3.05, 3.63) is 42.7 Å². The summed E-state index contributed by atoms with van der Waals surface area (Å²) in [6, 6.07) is 8.12. The van der Waals surface area contributed by atoms with Crippen molar-refractivity contribution >= 4 is 21.4 Å². The maximum atomic E-state index is 12.2. The molecule has 0 aliphatic carbocycles. The summed E-state index contributed by atoms with van der Waals surface area (Å²) in [5, 5.41) is 6.87. The zero-order chi connectivity index (χ0) is 19.2. The van der Waals surface area contributed by atoms with Gasteiger partial charge in [0.15, 0.2) is 9.84 Å². The van der Waals surface area contributed by atoms with E-state index in [9.17, 15) is 13.2 Å². The minimum absolute atomic E-state index is 0.112. The zero-order valence-corrected chi connectivity index (χ0v) is 16.1. The smallest absolute Gasteiger partial charge is 0.225 e. The summed E-state index contributed by atoms with van der Waals surface area (Å²) in [6.45, 7) is 4.64. The Labute approximate surface area is 154 Å². The third-order valence-electron chi connectivity index (χ3n) is 4.11. The molecule has 0 aliphatic rings. The first kappa shape index (κ1) is 20.1. The SMILES string of the molecule is COC(C)(C)CCn1cc(NC(=O)CCS(=O)(=O)c2ccccc2)cn1. The van der Waals surface area contributed by atoms with Gasteiger partial charge < -0.3 is 10.1 Å². The van der Waals surface area contributed by atoms with Gasteiger partial charge in [-0.2, -0.15) is 5.10 Å². The Kier molecular flexibility index (Phi) is 6.55. The molecule has 0 aliphatic heterocycles. The standard InChI is InChI=1S/C18H25N3O4S/c1-18(2,25-3)10-11-21-14-15(13-19-21)20-17(22)9-12-26(23,24)16-7-5-4-6-8-16/h4-8,13-14H,9-12H2,1-3H3,(H,20,22). The van der Waals surface area contributed by atoms with Crippen LogP contribution in [-0.4, -0.2) is 42.6 Å². The Morgan fingerprint density at radius 1 is 1.27 bits per heavy atom. The van der Waals surface area contributed by atoms with Crippen LogP contribution in [-0.2, 0) is 25.9 Å². The highest BCUT2D eigenvalue weighted by atomic mass is 32.2. The molecular formula is C18H25N3O4S. The van der Waals surface area contributed by atoms with Crippen LogP contribution in [0.5, 0.6) is 0 Å². The van der Waals surface area contributed by atoms with Crippen molar-refractivity contribution in [2.75, 3.05) is 18.2 Å². The third-order valence-corrected chi connectivity index (χ3v) is 5.84. The Morgan fingerprint density at radius 3 is 2.62 bits per heavy atom. The molecule has 8 heteroatoms. The van der Waals surface area contributed by atoms with Crippen molar-refractivity contribution in [1.29, 1.82) is 0 Å². The predicted molar refractivity (Wildman–Crippen MR) is 99.7 cm³/mol. The molecule has 0 fully saturated rings. The van der Waals surface area contributed by atoms with E-state index in [1.165, 1.54) is 12.1 Å². The molecule has 142 valence electrons. The summed E-state index contributed by atoms with van der Waals surface area (Å²) in [4.78, 5) is 12.3. The first-order valence-corrected chi connectivity index (χ1v) is 10.0. The van der Waals surface area contributed by atoms with Crippen LogP contribution < -0.4 is 5.32 Å². The highest BCUT2D eigenvalue weighted by molar-refractivity contribution is 7.91. The molecule has 2 aromatic rings. The lowest BCUT2D eigenvalue weighted by molar-refractivity contribution is -0.115. The molecule has 0 unspecified atom stereocenters. The maximum Gasteiger partial charge on any atom is 0.225 e. The van der Waals surface area contributed by atoms with Crippen LogP contribution in [0.3, 0.4) is 0 Å². The van der Waals surface area contributed by atoms with Gasteiger partial charge in [-0.05, 0) is 32.4 Å². The second kappa shape index (κ2) is 8.46. The fourth-order valence-electron chi connectivity index (χ4n) is 2.23. The van der Waals surface area contributed by atoms with Gasteiger partial charge >= 0.3 is 0 Å². The summed E-state index contributed by atoms with van der Waals surface area (Å²) < 4.78 is 31.5. The highest BCUT2D eigenvalue weighted by Gasteiger charge is 2.18. The lowest BCUT2D eigenvalue weighted by atomic mass is 10.1. The van der Waals surface area contributed by atoms with Gasteiger partial charge in [0.2, 0.25) is 5.91 Å². The number of carbonyl (C=O) groups excluding carboxylic acids is 1. The number of hydrogen-bond acceptors (Lipinski definition) is 5. The summed E-state index contributed by atoms with van der Waals surface area (Å²) in [5.41, 5.74) is 0.295. The van der Waals surface area contributed by atoms with Gasteiger partial charge in [0.05, 0.1) is 28.1 Å². The van der Waals surface area contributed by atoms with Crippen molar-refractivity contribution in [3.8, 4) is 0 Å². The summed E-state index contributed by atoms with van der Waals surface area (Å²) in [5.74, 6) is -0.597. The first-order valence-electron chi connectivity index (χ1n) is 8.37. The second-order valence-electron chi connectivity index (χ2n) is 6.64. The van der Waals surface area contributed by atoms with E-state index in [-0.39, 0.29) is 28.6 Å². The van der Waals surface area contributed by atoms with Crippen LogP contribution in [0.4, 0.5) is 5.69 Å². The molecular weight excluding hydrogens is 354 g/mol. The van der Waals surface area contributed by atoms with Crippen molar-refractivity contribution in [2.45, 2.75) is 43.7 Å². The molecule has 1 aromatic carbocycles. The number of nitrogens with one attached hydrogen (secondary N) is 1. The number of carbonyl (C=O) groups is 1. The number of ether oxygens (including phenoxy) is 1. The number of aromatic nitrogens is 2. The minimum atomic E-state index is -3.47. The molecule has 0 saturated heterocycles. The van der Waals surface area contributed by atoms with Gasteiger partial charge in [0, 0.05) is 26.3 Å². The van der Waals surface area contributed by atoms with Gasteiger partial charge in [-0.15, -0.1) is 0 Å². The van der Waals surface area contributed by atoms with Crippen LogP contribution in [0.2, 0.25) is 0 Å². The largest absolute Gasteiger partial charge is 0.379 e. The number of benzene rings is 1. The lowest BCUT2D eigenvalue weighted by Crippen LogP contribution is -2.24. The molecule has 26 heavy (non-hydrogen) atoms. The monoisotopic (exact) mass is 379 g/mol. The van der Waals surface area contributed by atoms with E-state index >= 15 is 0 Å². The van der Waals surface area contributed by atoms with Gasteiger partial charge in [-0.1, -0.05) is 18.2 Å². The van der Waals surface area contributed by atoms with Crippen LogP contribution in [0, 0.1) is 0 Å². The van der Waals surface area contributed by atoms with Crippen molar-refractivity contribution < 1.29 is 17.9 Å². The number of hydrogen-bond donors (Lipinski definition) is 1. The van der Waals surface area contributed by atoms with E-state index in [0.29, 0.717) is 12.2 Å². The predicted octanol–water partition coefficient (Wildman–Crippen LogP) is 2.50. The quantitative estimate of drug-likeness (QED) is 0.723. The summed E-state index contributed by atoms with van der Waals surface area (Å²) >= 11 is 0. The Balaban J connectivity index is 1.85. The molecule has 0 saturated carbocycles. The molecule has 1 N–H and O–H groups in total. The maximum absolute atomic E-state index is 12.2. The number of aryl methyl sites for hydroxylation is 1. The number of amides is 1. The molecule has 0 bridgehead atoms. The normalized spacial score (nSPS) is 12.1. The van der Waals surface area contributed by atoms with Crippen molar-refractivity contribution in [2.24, 2.45) is 0 Å². The van der Waals surface area contributed by atoms with Crippen LogP contribution >= 0.6 is 0 Å². The van der Waals surface area contributed by atoms with Crippen molar-refractivity contribution in [3.63, 3.8) is 0 Å². The Hall–Kier alpha value is -2.19. The van der Waals surface area contributed by atoms with E-state index in [4.69, 9.17) is 4.74 Å². The number of rotatable bonds is 9. The molecule has 0 atom stereocenters. The number of sulfone groups is 1. The first-order chi connectivity index (χ1) is 12.2. The fourth-order valence-corrected chi connectivity index (χ4v) is 3.49. The average molecular weight is 379 g/mol. The van der Waals surface area contributed by atoms with Crippen LogP contribution in [0.15, 0.2) is 47.6 Å². The van der Waals surface area contributed by atoms with E-state index in [2.05, 4.69) is 10.4 Å². The van der Waals surface area contributed by atoms with E-state index in [0.717, 1.165) is 6.42 Å². The Morgan fingerprint density at radius 2 is 1.96 bits per heavy atom. The topological polar surface area (TPSA) is 90.3 Å². The van der Waals surface area contributed by atoms with Crippen molar-refractivity contribution in [1.82, 2.24) is 9.78 Å². The molecule has 1 aromatic heterocycles. The molecule has 0 spiro atoms. The molecule has 0 radical (unpaired) electrons. The van der Waals surface area contributed by atoms with Gasteiger partial charge in [0.25, 0.3) is 0 Å². The van der Waals surface area contributed by atoms with Gasteiger partial charge in [-0.25, -0.2) is 8.42 Å². The van der Waals surface area contributed by atoms with Gasteiger partial charge in [-0.3, -0.25) is 9.48 Å². The lowest BCUT2D eigenvalue weighted by Gasteiger charge is -2.22. The summed E-state index contributed by atoms with van der Waals surface area (Å²) in [6.07, 6.45) is 3.92. The summed E-state index contributed by atoms with van der Waals surface area (Å²) in [7, 11) is -1.80. The van der Waals surface area contributed by atoms with E-state index in [1.54, 1.807) is 42.4 Å². The van der Waals surface area contributed by atoms with E-state index < -0.39 is 9.84 Å². The average Bonchev–Trinajstić information content (AvgIpc) is 3.07. The number of anilines is 1. The number of nitrogens with zero attached hydrogens (tertiary/aromatic N) is 2. The Bertz CT molecular complexity index is 829. The fraction of sp³-hybridized carbons (Fsp3) is 0.444. The van der Waals surface area contributed by atoms with E-state index in [1.807, 2.05) is 13.8 Å². The molecule has 2 rings (SSSR count). The van der Waals surface area contributed by atoms with Crippen LogP contribution in [0.1, 0.15) is 26.7 Å². The molecule has 1 heterocycles. The molecule has 7 nitrogen and oxygen atoms in total. The second-order valence-corrected chi connectivity index (χ2v) is 8.75. The third kappa shape index (κ3) is 5.96. The molecule has 1 amide bonds. The van der Waals surface area contributed by atoms with Crippen LogP contribution in [0.25, 0.3) is 0 Å².